The standard InChI is InChI=1S/C29H23F2N7O2/c1-29(2)15-40-28-35-24-26(36-25(37-27(24)38(28)29)18-11-19(30)14-33-13-18)34-8-7-16-4-6-23(39)21(9-16)20-10-17(12-32)3-5-22(20)31/h3-6,9-11,13-14,39H,7-8,15H2,1-2H3,(H,34,36,37). The first-order valence-electron chi connectivity index (χ1n) is 12.5. The number of nitriles is 1. The second-order valence-corrected chi connectivity index (χ2v) is 10.1. The van der Waals surface area contributed by atoms with Crippen molar-refractivity contribution in [2.45, 2.75) is 25.8 Å². The number of ether oxygens (including phenoxy) is 1. The van der Waals surface area contributed by atoms with Crippen LogP contribution in [0.3, 0.4) is 0 Å². The molecule has 0 fully saturated rings. The highest BCUT2D eigenvalue weighted by Crippen LogP contribution is 2.37. The maximum atomic E-state index is 14.6. The van der Waals surface area contributed by atoms with E-state index in [0.717, 1.165) is 11.8 Å². The van der Waals surface area contributed by atoms with Crippen LogP contribution < -0.4 is 10.1 Å². The third kappa shape index (κ3) is 4.43. The number of nitrogens with one attached hydrogen (secondary N) is 1. The van der Waals surface area contributed by atoms with E-state index in [-0.39, 0.29) is 17.1 Å². The molecule has 4 heterocycles. The summed E-state index contributed by atoms with van der Waals surface area (Å²) >= 11 is 0. The van der Waals surface area contributed by atoms with Gasteiger partial charge in [-0.15, -0.1) is 0 Å². The Morgan fingerprint density at radius 1 is 1.07 bits per heavy atom. The number of anilines is 1. The third-order valence-corrected chi connectivity index (χ3v) is 6.75. The quantitative estimate of drug-likeness (QED) is 0.302. The molecular formula is C29H23F2N7O2. The predicted octanol–water partition coefficient (Wildman–Crippen LogP) is 5.19. The summed E-state index contributed by atoms with van der Waals surface area (Å²) < 4.78 is 36.2. The zero-order valence-corrected chi connectivity index (χ0v) is 21.6. The zero-order valence-electron chi connectivity index (χ0n) is 21.6. The van der Waals surface area contributed by atoms with Gasteiger partial charge in [-0.3, -0.25) is 9.55 Å². The summed E-state index contributed by atoms with van der Waals surface area (Å²) in [6.45, 7) is 4.88. The molecule has 11 heteroatoms. The predicted molar refractivity (Wildman–Crippen MR) is 144 cm³/mol. The summed E-state index contributed by atoms with van der Waals surface area (Å²) in [5.74, 6) is -0.403. The lowest BCUT2D eigenvalue weighted by Crippen LogP contribution is -2.25. The molecule has 9 nitrogen and oxygen atoms in total. The third-order valence-electron chi connectivity index (χ3n) is 6.75. The van der Waals surface area contributed by atoms with Gasteiger partial charge >= 0.3 is 0 Å². The number of hydrogen-bond acceptors (Lipinski definition) is 8. The molecule has 6 rings (SSSR count). The largest absolute Gasteiger partial charge is 0.507 e. The summed E-state index contributed by atoms with van der Waals surface area (Å²) in [4.78, 5) is 17.9. The molecule has 2 aromatic carbocycles. The van der Waals surface area contributed by atoms with E-state index >= 15 is 0 Å². The fraction of sp³-hybridized carbons (Fsp3) is 0.207. The van der Waals surface area contributed by atoms with Gasteiger partial charge in [0.1, 0.15) is 24.0 Å². The maximum absolute atomic E-state index is 14.6. The van der Waals surface area contributed by atoms with Gasteiger partial charge in [0.15, 0.2) is 22.8 Å². The van der Waals surface area contributed by atoms with Crippen molar-refractivity contribution in [1.82, 2.24) is 24.5 Å². The lowest BCUT2D eigenvalue weighted by Gasteiger charge is -2.18. The van der Waals surface area contributed by atoms with Crippen LogP contribution in [0.15, 0.2) is 54.9 Å². The van der Waals surface area contributed by atoms with Crippen molar-refractivity contribution < 1.29 is 18.6 Å². The van der Waals surface area contributed by atoms with E-state index in [0.29, 0.717) is 59.3 Å². The molecule has 0 amide bonds. The number of pyridine rings is 1. The van der Waals surface area contributed by atoms with Crippen LogP contribution in [-0.2, 0) is 12.0 Å². The van der Waals surface area contributed by atoms with Gasteiger partial charge in [0.2, 0.25) is 0 Å². The Hall–Kier alpha value is -5.11. The molecule has 0 aliphatic carbocycles. The fourth-order valence-electron chi connectivity index (χ4n) is 4.75. The van der Waals surface area contributed by atoms with E-state index in [1.807, 2.05) is 24.5 Å². The van der Waals surface area contributed by atoms with E-state index in [1.54, 1.807) is 12.1 Å². The van der Waals surface area contributed by atoms with Crippen molar-refractivity contribution in [3.05, 3.63) is 77.6 Å². The van der Waals surface area contributed by atoms with Crippen molar-refractivity contribution >= 4 is 17.0 Å². The average molecular weight is 540 g/mol. The lowest BCUT2D eigenvalue weighted by molar-refractivity contribution is 0.268. The number of hydrogen-bond donors (Lipinski definition) is 2. The van der Waals surface area contributed by atoms with E-state index in [2.05, 4.69) is 20.3 Å². The van der Waals surface area contributed by atoms with E-state index in [4.69, 9.17) is 9.72 Å². The number of imidazole rings is 1. The number of aromatic nitrogens is 5. The molecule has 1 aliphatic rings. The van der Waals surface area contributed by atoms with Gasteiger partial charge in [0.05, 0.1) is 23.4 Å². The Kier molecular flexibility index (Phi) is 6.03. The highest BCUT2D eigenvalue weighted by molar-refractivity contribution is 5.86. The second-order valence-electron chi connectivity index (χ2n) is 10.1. The molecule has 5 aromatic rings. The van der Waals surface area contributed by atoms with Crippen LogP contribution in [0, 0.1) is 23.0 Å². The summed E-state index contributed by atoms with van der Waals surface area (Å²) in [5.41, 5.74) is 2.63. The van der Waals surface area contributed by atoms with Gasteiger partial charge in [0, 0.05) is 29.4 Å². The number of benzene rings is 2. The Balaban J connectivity index is 1.33. The topological polar surface area (TPSA) is 122 Å². The summed E-state index contributed by atoms with van der Waals surface area (Å²) in [7, 11) is 0. The summed E-state index contributed by atoms with van der Waals surface area (Å²) in [5, 5.41) is 22.9. The van der Waals surface area contributed by atoms with Gasteiger partial charge < -0.3 is 15.2 Å². The molecule has 3 aromatic heterocycles. The van der Waals surface area contributed by atoms with Crippen molar-refractivity contribution in [2.24, 2.45) is 0 Å². The first-order valence-corrected chi connectivity index (χ1v) is 12.5. The van der Waals surface area contributed by atoms with E-state index in [9.17, 15) is 19.1 Å². The second kappa shape index (κ2) is 9.57. The van der Waals surface area contributed by atoms with Gasteiger partial charge in [-0.05, 0) is 62.2 Å². The molecule has 40 heavy (non-hydrogen) atoms. The van der Waals surface area contributed by atoms with Crippen LogP contribution >= 0.6 is 0 Å². The van der Waals surface area contributed by atoms with Crippen molar-refractivity contribution in [1.29, 1.82) is 5.26 Å². The smallest absolute Gasteiger partial charge is 0.299 e. The monoisotopic (exact) mass is 539 g/mol. The molecule has 0 saturated carbocycles. The van der Waals surface area contributed by atoms with Crippen molar-refractivity contribution in [2.75, 3.05) is 18.5 Å². The lowest BCUT2D eigenvalue weighted by atomic mass is 9.98. The Morgan fingerprint density at radius 2 is 1.93 bits per heavy atom. The van der Waals surface area contributed by atoms with Gasteiger partial charge in [-0.2, -0.15) is 10.2 Å². The minimum Gasteiger partial charge on any atom is -0.507 e. The van der Waals surface area contributed by atoms with Crippen LogP contribution in [0.5, 0.6) is 11.8 Å². The normalized spacial score (nSPS) is 13.6. The molecular weight excluding hydrogens is 516 g/mol. The molecule has 2 N–H and O–H groups in total. The van der Waals surface area contributed by atoms with Crippen molar-refractivity contribution in [3.8, 4) is 40.3 Å². The number of aromatic hydroxyl groups is 1. The SMILES string of the molecule is CC1(C)COc2nc3c(NCCc4ccc(O)c(-c5cc(C#N)ccc5F)c4)nc(-c4cncc(F)c4)nc3n21. The molecule has 1 aliphatic heterocycles. The van der Waals surface area contributed by atoms with Gasteiger partial charge in [0.25, 0.3) is 6.01 Å². The molecule has 200 valence electrons. The molecule has 0 saturated heterocycles. The number of phenols is 1. The molecule has 0 atom stereocenters. The van der Waals surface area contributed by atoms with Gasteiger partial charge in [-0.1, -0.05) is 6.07 Å². The summed E-state index contributed by atoms with van der Waals surface area (Å²) in [6, 6.07) is 12.7. The van der Waals surface area contributed by atoms with Crippen LogP contribution in [0.2, 0.25) is 0 Å². The number of fused-ring (bicyclic) bond motifs is 3. The Bertz CT molecular complexity index is 1830. The average Bonchev–Trinajstić information content (AvgIpc) is 3.47. The maximum Gasteiger partial charge on any atom is 0.299 e. The number of rotatable bonds is 6. The van der Waals surface area contributed by atoms with Crippen molar-refractivity contribution in [3.63, 3.8) is 0 Å². The van der Waals surface area contributed by atoms with Crippen LogP contribution in [0.4, 0.5) is 14.6 Å². The molecule has 0 spiro atoms. The first-order chi connectivity index (χ1) is 19.2. The van der Waals surface area contributed by atoms with Crippen LogP contribution in [0.25, 0.3) is 33.7 Å². The zero-order chi connectivity index (χ0) is 28.0. The van der Waals surface area contributed by atoms with E-state index < -0.39 is 17.2 Å². The minimum atomic E-state index is -0.537. The van der Waals surface area contributed by atoms with Crippen LogP contribution in [-0.4, -0.2) is 42.8 Å². The number of nitrogens with zero attached hydrogens (tertiary/aromatic N) is 6. The fourth-order valence-corrected chi connectivity index (χ4v) is 4.75. The molecule has 0 unspecified atom stereocenters. The number of phenolic OH excluding ortho intramolecular Hbond substituents is 1. The number of halogens is 2. The highest BCUT2D eigenvalue weighted by atomic mass is 19.1. The summed E-state index contributed by atoms with van der Waals surface area (Å²) in [6.07, 6.45) is 3.10. The first kappa shape index (κ1) is 25.2. The molecule has 0 bridgehead atoms. The Morgan fingerprint density at radius 3 is 2.73 bits per heavy atom. The van der Waals surface area contributed by atoms with E-state index in [1.165, 1.54) is 36.5 Å². The Labute approximate surface area is 227 Å². The van der Waals surface area contributed by atoms with Crippen LogP contribution in [0.1, 0.15) is 25.0 Å². The highest BCUT2D eigenvalue weighted by Gasteiger charge is 2.36. The van der Waals surface area contributed by atoms with Gasteiger partial charge in [-0.25, -0.2) is 18.7 Å². The minimum absolute atomic E-state index is 0.0910. The molecule has 0 radical (unpaired) electrons.